The van der Waals surface area contributed by atoms with E-state index in [1.165, 1.54) is 12.1 Å². The SMILES string of the molecule is N#Cc1c(N)ccc(F)c1Oc1ccc2ncn(C3C4CNC[C@@H]43)c(=O)c2c1. The van der Waals surface area contributed by atoms with Gasteiger partial charge >= 0.3 is 0 Å². The number of hydrogen-bond acceptors (Lipinski definition) is 6. The molecule has 2 aliphatic rings. The van der Waals surface area contributed by atoms with Crippen molar-refractivity contribution < 1.29 is 9.13 Å². The smallest absolute Gasteiger partial charge is 0.261 e. The lowest BCUT2D eigenvalue weighted by molar-refractivity contribution is 0.441. The first-order valence-electron chi connectivity index (χ1n) is 8.96. The number of halogens is 1. The van der Waals surface area contributed by atoms with E-state index in [0.717, 1.165) is 19.2 Å². The summed E-state index contributed by atoms with van der Waals surface area (Å²) in [7, 11) is 0. The van der Waals surface area contributed by atoms with E-state index >= 15 is 0 Å². The summed E-state index contributed by atoms with van der Waals surface area (Å²) < 4.78 is 21.5. The van der Waals surface area contributed by atoms with Gasteiger partial charge in [-0.1, -0.05) is 0 Å². The Hall–Kier alpha value is -3.44. The Kier molecular flexibility index (Phi) is 3.60. The summed E-state index contributed by atoms with van der Waals surface area (Å²) in [6.07, 6.45) is 1.60. The minimum Gasteiger partial charge on any atom is -0.453 e. The molecule has 5 rings (SSSR count). The highest BCUT2D eigenvalue weighted by Crippen LogP contribution is 2.51. The van der Waals surface area contributed by atoms with E-state index < -0.39 is 5.82 Å². The van der Waals surface area contributed by atoms with Crippen LogP contribution in [0.15, 0.2) is 41.5 Å². The van der Waals surface area contributed by atoms with Crippen molar-refractivity contribution in [2.75, 3.05) is 18.8 Å². The van der Waals surface area contributed by atoms with Crippen LogP contribution in [-0.2, 0) is 0 Å². The Morgan fingerprint density at radius 3 is 2.82 bits per heavy atom. The minimum absolute atomic E-state index is 0.0815. The predicted octanol–water partition coefficient (Wildman–Crippen LogP) is 2.17. The lowest BCUT2D eigenvalue weighted by Crippen LogP contribution is -2.25. The number of ether oxygens (including phenoxy) is 1. The summed E-state index contributed by atoms with van der Waals surface area (Å²) in [6.45, 7) is 1.82. The quantitative estimate of drug-likeness (QED) is 0.678. The number of nitrogen functional groups attached to an aromatic ring is 1. The van der Waals surface area contributed by atoms with Crippen LogP contribution >= 0.6 is 0 Å². The Bertz CT molecular complexity index is 1210. The molecule has 2 heterocycles. The van der Waals surface area contributed by atoms with Gasteiger partial charge in [-0.25, -0.2) is 9.37 Å². The van der Waals surface area contributed by atoms with Crippen LogP contribution in [-0.4, -0.2) is 22.6 Å². The van der Waals surface area contributed by atoms with Gasteiger partial charge in [0.1, 0.15) is 17.4 Å². The molecule has 0 radical (unpaired) electrons. The minimum atomic E-state index is -0.701. The fraction of sp³-hybridized carbons (Fsp3) is 0.250. The number of aromatic nitrogens is 2. The molecular weight excluding hydrogens is 361 g/mol. The van der Waals surface area contributed by atoms with Gasteiger partial charge in [0.25, 0.3) is 5.56 Å². The molecule has 1 saturated heterocycles. The number of fused-ring (bicyclic) bond motifs is 2. The second kappa shape index (κ2) is 6.04. The third-order valence-corrected chi connectivity index (χ3v) is 5.60. The van der Waals surface area contributed by atoms with Crippen LogP contribution in [0.3, 0.4) is 0 Å². The van der Waals surface area contributed by atoms with Crippen LogP contribution < -0.4 is 21.3 Å². The number of anilines is 1. The maximum atomic E-state index is 14.2. The summed E-state index contributed by atoms with van der Waals surface area (Å²) in [5, 5.41) is 13.0. The summed E-state index contributed by atoms with van der Waals surface area (Å²) >= 11 is 0. The zero-order valence-corrected chi connectivity index (χ0v) is 14.7. The number of nitriles is 1. The molecular formula is C20H16FN5O2. The average Bonchev–Trinajstić information content (AvgIpc) is 3.15. The molecule has 1 aliphatic carbocycles. The molecule has 3 aromatic rings. The van der Waals surface area contributed by atoms with E-state index in [0.29, 0.717) is 22.7 Å². The molecule has 140 valence electrons. The fourth-order valence-corrected chi connectivity index (χ4v) is 4.09. The lowest BCUT2D eigenvalue weighted by atomic mass is 10.1. The summed E-state index contributed by atoms with van der Waals surface area (Å²) in [5.41, 5.74) is 6.16. The van der Waals surface area contributed by atoms with Crippen LogP contribution in [0.1, 0.15) is 11.6 Å². The van der Waals surface area contributed by atoms with Gasteiger partial charge < -0.3 is 15.8 Å². The summed E-state index contributed by atoms with van der Waals surface area (Å²) in [6, 6.07) is 9.23. The zero-order chi connectivity index (χ0) is 19.4. The van der Waals surface area contributed by atoms with Gasteiger partial charge in [-0.3, -0.25) is 9.36 Å². The Labute approximate surface area is 159 Å². The molecule has 1 saturated carbocycles. The van der Waals surface area contributed by atoms with Crippen LogP contribution in [0.2, 0.25) is 0 Å². The van der Waals surface area contributed by atoms with Crippen LogP contribution in [0, 0.1) is 29.0 Å². The van der Waals surface area contributed by atoms with E-state index in [9.17, 15) is 14.4 Å². The van der Waals surface area contributed by atoms with Gasteiger partial charge in [0.05, 0.1) is 22.9 Å². The van der Waals surface area contributed by atoms with Gasteiger partial charge in [0.2, 0.25) is 0 Å². The van der Waals surface area contributed by atoms with Gasteiger partial charge in [0.15, 0.2) is 11.6 Å². The van der Waals surface area contributed by atoms with Crippen LogP contribution in [0.5, 0.6) is 11.5 Å². The van der Waals surface area contributed by atoms with E-state index in [-0.39, 0.29) is 34.4 Å². The number of nitrogens with two attached hydrogens (primary N) is 1. The van der Waals surface area contributed by atoms with Crippen molar-refractivity contribution in [1.29, 1.82) is 5.26 Å². The standard InChI is InChI=1S/C20H16FN5O2/c21-15-2-3-16(23)12(6-22)19(15)28-10-1-4-17-11(5-10)20(27)26(9-25-17)18-13-7-24-8-14(13)18/h1-5,9,13-14,18,24H,7-8,23H2/t13-,14?,18?/m0/s1. The third kappa shape index (κ3) is 2.44. The molecule has 1 aliphatic heterocycles. The summed E-state index contributed by atoms with van der Waals surface area (Å²) in [5.74, 6) is 0.219. The highest BCUT2D eigenvalue weighted by Gasteiger charge is 2.54. The molecule has 1 aromatic heterocycles. The molecule has 0 spiro atoms. The number of nitrogens with one attached hydrogen (secondary N) is 1. The highest BCUT2D eigenvalue weighted by molar-refractivity contribution is 5.79. The molecule has 3 atom stereocenters. The van der Waals surface area contributed by atoms with Crippen LogP contribution in [0.4, 0.5) is 10.1 Å². The maximum Gasteiger partial charge on any atom is 0.261 e. The molecule has 8 heteroatoms. The van der Waals surface area contributed by atoms with Gasteiger partial charge in [-0.2, -0.15) is 5.26 Å². The van der Waals surface area contributed by atoms with Gasteiger partial charge in [-0.15, -0.1) is 0 Å². The van der Waals surface area contributed by atoms with E-state index in [2.05, 4.69) is 10.3 Å². The van der Waals surface area contributed by atoms with E-state index in [4.69, 9.17) is 10.5 Å². The molecule has 2 aromatic carbocycles. The average molecular weight is 377 g/mol. The molecule has 2 fully saturated rings. The van der Waals surface area contributed by atoms with Crippen molar-refractivity contribution in [1.82, 2.24) is 14.9 Å². The fourth-order valence-electron chi connectivity index (χ4n) is 4.09. The van der Waals surface area contributed by atoms with Gasteiger partial charge in [0, 0.05) is 19.1 Å². The van der Waals surface area contributed by atoms with Crippen molar-refractivity contribution in [3.63, 3.8) is 0 Å². The largest absolute Gasteiger partial charge is 0.453 e. The summed E-state index contributed by atoms with van der Waals surface area (Å²) in [4.78, 5) is 17.4. The van der Waals surface area contributed by atoms with E-state index in [1.807, 2.05) is 6.07 Å². The normalized spacial score (nSPS) is 22.6. The van der Waals surface area contributed by atoms with Crippen molar-refractivity contribution in [3.05, 3.63) is 58.4 Å². The number of nitrogens with zero attached hydrogens (tertiary/aromatic N) is 3. The number of rotatable bonds is 3. The molecule has 7 nitrogen and oxygen atoms in total. The molecule has 28 heavy (non-hydrogen) atoms. The van der Waals surface area contributed by atoms with Crippen molar-refractivity contribution >= 4 is 16.6 Å². The first-order chi connectivity index (χ1) is 13.6. The lowest BCUT2D eigenvalue weighted by Gasteiger charge is -2.12. The van der Waals surface area contributed by atoms with E-state index in [1.54, 1.807) is 23.0 Å². The molecule has 0 bridgehead atoms. The first-order valence-corrected chi connectivity index (χ1v) is 8.96. The number of hydrogen-bond donors (Lipinski definition) is 2. The monoisotopic (exact) mass is 377 g/mol. The maximum absolute atomic E-state index is 14.2. The third-order valence-electron chi connectivity index (χ3n) is 5.60. The topological polar surface area (TPSA) is 106 Å². The Balaban J connectivity index is 1.56. The second-order valence-corrected chi connectivity index (χ2v) is 7.17. The van der Waals surface area contributed by atoms with Crippen molar-refractivity contribution in [2.24, 2.45) is 11.8 Å². The Morgan fingerprint density at radius 1 is 1.29 bits per heavy atom. The number of benzene rings is 2. The van der Waals surface area contributed by atoms with Crippen molar-refractivity contribution in [3.8, 4) is 17.6 Å². The molecule has 2 unspecified atom stereocenters. The highest BCUT2D eigenvalue weighted by atomic mass is 19.1. The number of piperidine rings is 1. The predicted molar refractivity (Wildman–Crippen MR) is 100 cm³/mol. The first kappa shape index (κ1) is 16.7. The van der Waals surface area contributed by atoms with Crippen molar-refractivity contribution in [2.45, 2.75) is 6.04 Å². The van der Waals surface area contributed by atoms with Gasteiger partial charge in [-0.05, 0) is 42.2 Å². The zero-order valence-electron chi connectivity index (χ0n) is 14.7. The molecule has 3 N–H and O–H groups in total. The molecule has 0 amide bonds. The van der Waals surface area contributed by atoms with Crippen LogP contribution in [0.25, 0.3) is 10.9 Å². The Morgan fingerprint density at radius 2 is 2.07 bits per heavy atom. The second-order valence-electron chi connectivity index (χ2n) is 7.17.